The Hall–Kier alpha value is -1.59. The topological polar surface area (TPSA) is 32.3 Å². The van der Waals surface area contributed by atoms with E-state index in [0.29, 0.717) is 6.04 Å². The van der Waals surface area contributed by atoms with Crippen LogP contribution in [0.3, 0.4) is 0 Å². The van der Waals surface area contributed by atoms with Gasteiger partial charge in [0.05, 0.1) is 12.4 Å². The molecule has 5 heteroatoms. The number of likely N-dealkylation sites (tertiary alicyclic amines) is 1. The summed E-state index contributed by atoms with van der Waals surface area (Å²) in [4.78, 5) is 14.3. The van der Waals surface area contributed by atoms with E-state index in [2.05, 4.69) is 45.1 Å². The largest absolute Gasteiger partial charge is 0.354 e. The zero-order valence-electron chi connectivity index (χ0n) is 14.0. The number of aromatic nitrogens is 2. The summed E-state index contributed by atoms with van der Waals surface area (Å²) in [7, 11) is 0. The second-order valence-electron chi connectivity index (χ2n) is 6.62. The van der Waals surface area contributed by atoms with Crippen molar-refractivity contribution in [1.29, 1.82) is 0 Å². The van der Waals surface area contributed by atoms with E-state index in [0.717, 1.165) is 29.7 Å². The van der Waals surface area contributed by atoms with Gasteiger partial charge in [0, 0.05) is 24.9 Å². The lowest BCUT2D eigenvalue weighted by Gasteiger charge is -2.24. The summed E-state index contributed by atoms with van der Waals surface area (Å²) >= 11 is 1.76. The van der Waals surface area contributed by atoms with Gasteiger partial charge in [-0.1, -0.05) is 30.3 Å². The molecule has 0 saturated carbocycles. The van der Waals surface area contributed by atoms with Crippen molar-refractivity contribution >= 4 is 17.6 Å². The zero-order chi connectivity index (χ0) is 16.2. The van der Waals surface area contributed by atoms with Gasteiger partial charge in [0.1, 0.15) is 10.8 Å². The van der Waals surface area contributed by atoms with Gasteiger partial charge in [0.2, 0.25) is 0 Å². The first-order valence-electron chi connectivity index (χ1n) is 8.86. The van der Waals surface area contributed by atoms with E-state index >= 15 is 0 Å². The smallest absolute Gasteiger partial charge is 0.148 e. The Kier molecular flexibility index (Phi) is 4.99. The SMILES string of the molecule is c1ccc(CSc2cncc(N3CCC(N4CCCC4)C3)n2)cc1. The standard InChI is InChI=1S/C19H24N4S/c1-2-6-16(7-3-1)15-24-19-13-20-12-18(21-19)23-11-8-17(14-23)22-9-4-5-10-22/h1-3,6-7,12-13,17H,4-5,8-11,14-15H2. The summed E-state index contributed by atoms with van der Waals surface area (Å²) in [5, 5.41) is 1.01. The lowest BCUT2D eigenvalue weighted by Crippen LogP contribution is -2.35. The Morgan fingerprint density at radius 3 is 2.71 bits per heavy atom. The van der Waals surface area contributed by atoms with Gasteiger partial charge in [0.15, 0.2) is 0 Å². The van der Waals surface area contributed by atoms with Crippen molar-refractivity contribution in [3.63, 3.8) is 0 Å². The minimum Gasteiger partial charge on any atom is -0.354 e. The van der Waals surface area contributed by atoms with Crippen LogP contribution in [0, 0.1) is 0 Å². The summed E-state index contributed by atoms with van der Waals surface area (Å²) in [6.07, 6.45) is 7.77. The third-order valence-electron chi connectivity index (χ3n) is 4.97. The fourth-order valence-electron chi connectivity index (χ4n) is 3.65. The first-order chi connectivity index (χ1) is 11.9. The molecule has 2 saturated heterocycles. The molecule has 0 spiro atoms. The van der Waals surface area contributed by atoms with Crippen LogP contribution >= 0.6 is 11.8 Å². The number of hydrogen-bond donors (Lipinski definition) is 0. The minimum atomic E-state index is 0.704. The molecule has 0 radical (unpaired) electrons. The van der Waals surface area contributed by atoms with Crippen molar-refractivity contribution in [2.24, 2.45) is 0 Å². The molecule has 24 heavy (non-hydrogen) atoms. The second-order valence-corrected chi connectivity index (χ2v) is 7.62. The normalized spacial score (nSPS) is 21.5. The maximum Gasteiger partial charge on any atom is 0.148 e. The predicted molar refractivity (Wildman–Crippen MR) is 99.5 cm³/mol. The molecular weight excluding hydrogens is 316 g/mol. The van der Waals surface area contributed by atoms with Gasteiger partial charge in [-0.05, 0) is 37.9 Å². The molecule has 2 aliphatic heterocycles. The van der Waals surface area contributed by atoms with E-state index in [1.165, 1.54) is 37.9 Å². The summed E-state index contributed by atoms with van der Waals surface area (Å²) in [5.74, 6) is 1.98. The molecule has 2 fully saturated rings. The average molecular weight is 340 g/mol. The number of nitrogens with zero attached hydrogens (tertiary/aromatic N) is 4. The molecule has 126 valence electrons. The first-order valence-corrected chi connectivity index (χ1v) is 9.85. The van der Waals surface area contributed by atoms with Crippen LogP contribution in [-0.2, 0) is 5.75 Å². The van der Waals surface area contributed by atoms with Crippen molar-refractivity contribution in [3.05, 3.63) is 48.3 Å². The number of thioether (sulfide) groups is 1. The molecule has 0 amide bonds. The first kappa shape index (κ1) is 15.9. The van der Waals surface area contributed by atoms with E-state index < -0.39 is 0 Å². The minimum absolute atomic E-state index is 0.704. The molecule has 0 aliphatic carbocycles. The fourth-order valence-corrected chi connectivity index (χ4v) is 4.45. The highest BCUT2D eigenvalue weighted by atomic mass is 32.2. The zero-order valence-corrected chi connectivity index (χ0v) is 14.8. The van der Waals surface area contributed by atoms with Crippen LogP contribution in [0.4, 0.5) is 5.82 Å². The number of hydrogen-bond acceptors (Lipinski definition) is 5. The van der Waals surface area contributed by atoms with Gasteiger partial charge in [-0.3, -0.25) is 9.88 Å². The molecule has 0 bridgehead atoms. The second kappa shape index (κ2) is 7.53. The summed E-state index contributed by atoms with van der Waals surface area (Å²) in [5.41, 5.74) is 1.32. The Labute approximate surface area is 148 Å². The molecule has 1 aromatic carbocycles. The van der Waals surface area contributed by atoms with Gasteiger partial charge in [-0.15, -0.1) is 11.8 Å². The Bertz CT molecular complexity index is 657. The monoisotopic (exact) mass is 340 g/mol. The van der Waals surface area contributed by atoms with Crippen molar-refractivity contribution in [2.45, 2.75) is 36.1 Å². The lowest BCUT2D eigenvalue weighted by molar-refractivity contribution is 0.260. The van der Waals surface area contributed by atoms with Crippen LogP contribution < -0.4 is 4.90 Å². The predicted octanol–water partition coefficient (Wildman–Crippen LogP) is 3.44. The van der Waals surface area contributed by atoms with Crippen LogP contribution in [0.2, 0.25) is 0 Å². The summed E-state index contributed by atoms with van der Waals surface area (Å²) in [6, 6.07) is 11.2. The molecule has 1 aromatic heterocycles. The Balaban J connectivity index is 1.37. The molecule has 4 nitrogen and oxygen atoms in total. The van der Waals surface area contributed by atoms with Crippen LogP contribution in [-0.4, -0.2) is 47.1 Å². The lowest BCUT2D eigenvalue weighted by atomic mass is 10.2. The molecule has 3 heterocycles. The Morgan fingerprint density at radius 1 is 1.04 bits per heavy atom. The van der Waals surface area contributed by atoms with Crippen molar-refractivity contribution < 1.29 is 0 Å². The van der Waals surface area contributed by atoms with Gasteiger partial charge < -0.3 is 4.90 Å². The molecular formula is C19H24N4S. The third kappa shape index (κ3) is 3.73. The van der Waals surface area contributed by atoms with E-state index in [1.54, 1.807) is 11.8 Å². The molecule has 4 rings (SSSR count). The van der Waals surface area contributed by atoms with Crippen molar-refractivity contribution in [3.8, 4) is 0 Å². The number of rotatable bonds is 5. The molecule has 1 atom stereocenters. The molecule has 0 N–H and O–H groups in total. The van der Waals surface area contributed by atoms with Gasteiger partial charge in [0.25, 0.3) is 0 Å². The fraction of sp³-hybridized carbons (Fsp3) is 0.474. The highest BCUT2D eigenvalue weighted by molar-refractivity contribution is 7.98. The summed E-state index contributed by atoms with van der Waals surface area (Å²) < 4.78 is 0. The Morgan fingerprint density at radius 2 is 1.88 bits per heavy atom. The average Bonchev–Trinajstić information content (AvgIpc) is 3.32. The van der Waals surface area contributed by atoms with Gasteiger partial charge in [-0.2, -0.15) is 0 Å². The van der Waals surface area contributed by atoms with Crippen molar-refractivity contribution in [1.82, 2.24) is 14.9 Å². The third-order valence-corrected chi connectivity index (χ3v) is 5.94. The maximum absolute atomic E-state index is 4.84. The maximum atomic E-state index is 4.84. The highest BCUT2D eigenvalue weighted by Gasteiger charge is 2.29. The quantitative estimate of drug-likeness (QED) is 0.779. The molecule has 2 aromatic rings. The summed E-state index contributed by atoms with van der Waals surface area (Å²) in [6.45, 7) is 4.75. The molecule has 1 unspecified atom stereocenters. The van der Waals surface area contributed by atoms with E-state index in [1.807, 2.05) is 12.4 Å². The van der Waals surface area contributed by atoms with Gasteiger partial charge >= 0.3 is 0 Å². The van der Waals surface area contributed by atoms with E-state index in [-0.39, 0.29) is 0 Å². The van der Waals surface area contributed by atoms with Crippen molar-refractivity contribution in [2.75, 3.05) is 31.1 Å². The van der Waals surface area contributed by atoms with Crippen LogP contribution in [0.25, 0.3) is 0 Å². The van der Waals surface area contributed by atoms with Crippen LogP contribution in [0.15, 0.2) is 47.8 Å². The number of benzene rings is 1. The van der Waals surface area contributed by atoms with E-state index in [4.69, 9.17) is 4.98 Å². The number of anilines is 1. The highest BCUT2D eigenvalue weighted by Crippen LogP contribution is 2.26. The molecule has 2 aliphatic rings. The van der Waals surface area contributed by atoms with Crippen LogP contribution in [0.1, 0.15) is 24.8 Å². The van der Waals surface area contributed by atoms with Gasteiger partial charge in [-0.25, -0.2) is 4.98 Å². The van der Waals surface area contributed by atoms with Crippen LogP contribution in [0.5, 0.6) is 0 Å². The van der Waals surface area contributed by atoms with E-state index in [9.17, 15) is 0 Å².